The number of benzene rings is 1. The quantitative estimate of drug-likeness (QED) is 0.444. The van der Waals surface area contributed by atoms with Gasteiger partial charge in [0.05, 0.1) is 13.1 Å². The summed E-state index contributed by atoms with van der Waals surface area (Å²) in [6.07, 6.45) is 0. The number of methoxy groups -OCH3 is 2. The van der Waals surface area contributed by atoms with Crippen molar-refractivity contribution in [3.63, 3.8) is 0 Å². The van der Waals surface area contributed by atoms with Crippen LogP contribution in [0.1, 0.15) is 22.8 Å². The van der Waals surface area contributed by atoms with Crippen molar-refractivity contribution in [1.29, 1.82) is 0 Å². The van der Waals surface area contributed by atoms with Crippen molar-refractivity contribution in [3.8, 4) is 0 Å². The molecule has 1 N–H and O–H groups in total. The van der Waals surface area contributed by atoms with Crippen LogP contribution in [0.25, 0.3) is 0 Å². The second-order valence-electron chi connectivity index (χ2n) is 6.21. The van der Waals surface area contributed by atoms with Crippen LogP contribution in [0.3, 0.4) is 0 Å². The Balaban J connectivity index is 2.72. The molecule has 166 valence electrons. The van der Waals surface area contributed by atoms with E-state index in [1.165, 1.54) is 26.0 Å². The lowest BCUT2D eigenvalue weighted by atomic mass is 10.1. The molecule has 0 aliphatic carbocycles. The van der Waals surface area contributed by atoms with Gasteiger partial charge in [-0.15, -0.1) is 0 Å². The van der Waals surface area contributed by atoms with Crippen LogP contribution < -0.4 is 5.32 Å². The molecule has 0 bridgehead atoms. The van der Waals surface area contributed by atoms with Crippen molar-refractivity contribution < 1.29 is 38.1 Å². The topological polar surface area (TPSA) is 120 Å². The van der Waals surface area contributed by atoms with Gasteiger partial charge in [0, 0.05) is 33.3 Å². The van der Waals surface area contributed by atoms with Gasteiger partial charge in [-0.25, -0.2) is 9.59 Å². The highest BCUT2D eigenvalue weighted by Gasteiger charge is 2.17. The molecule has 0 aliphatic heterocycles. The molecule has 0 unspecified atom stereocenters. The molecule has 10 heteroatoms. The van der Waals surface area contributed by atoms with Crippen LogP contribution in [-0.4, -0.2) is 82.4 Å². The molecule has 1 aromatic carbocycles. The zero-order valence-corrected chi connectivity index (χ0v) is 17.5. The van der Waals surface area contributed by atoms with Crippen molar-refractivity contribution in [2.75, 3.05) is 53.7 Å². The van der Waals surface area contributed by atoms with E-state index in [0.29, 0.717) is 12.1 Å². The number of carbonyl (C=O) groups excluding carboxylic acids is 4. The van der Waals surface area contributed by atoms with Crippen LogP contribution in [-0.2, 0) is 39.9 Å². The SMILES string of the molecule is COCC(=O)OCCN(CCOC(=O)COC)C(=O)c1ccc(CNC(C)=O)cc1. The maximum Gasteiger partial charge on any atom is 0.332 e. The van der Waals surface area contributed by atoms with Gasteiger partial charge in [0.25, 0.3) is 5.91 Å². The van der Waals surface area contributed by atoms with E-state index in [1.807, 2.05) is 0 Å². The molecule has 30 heavy (non-hydrogen) atoms. The average Bonchev–Trinajstić information content (AvgIpc) is 2.71. The molecular weight excluding hydrogens is 396 g/mol. The van der Waals surface area contributed by atoms with Crippen molar-refractivity contribution in [1.82, 2.24) is 10.2 Å². The third kappa shape index (κ3) is 9.99. The first-order valence-corrected chi connectivity index (χ1v) is 9.29. The monoisotopic (exact) mass is 424 g/mol. The molecule has 0 radical (unpaired) electrons. The summed E-state index contributed by atoms with van der Waals surface area (Å²) in [6.45, 7) is 1.60. The minimum atomic E-state index is -0.543. The lowest BCUT2D eigenvalue weighted by Gasteiger charge is -2.22. The third-order valence-corrected chi connectivity index (χ3v) is 3.80. The molecule has 1 rings (SSSR count). The molecule has 0 aromatic heterocycles. The van der Waals surface area contributed by atoms with Crippen LogP contribution in [0.5, 0.6) is 0 Å². The third-order valence-electron chi connectivity index (χ3n) is 3.80. The standard InChI is InChI=1S/C20H28N2O8/c1-15(23)21-12-16-4-6-17(7-5-16)20(26)22(8-10-29-18(24)13-27-2)9-11-30-19(25)14-28-3/h4-7H,8-14H2,1-3H3,(H,21,23). The molecule has 0 atom stereocenters. The maximum atomic E-state index is 12.9. The fourth-order valence-electron chi connectivity index (χ4n) is 2.35. The molecule has 0 saturated carbocycles. The number of esters is 2. The highest BCUT2D eigenvalue weighted by Crippen LogP contribution is 2.08. The van der Waals surface area contributed by atoms with Crippen molar-refractivity contribution in [2.45, 2.75) is 13.5 Å². The summed E-state index contributed by atoms with van der Waals surface area (Å²) in [4.78, 5) is 48.1. The summed E-state index contributed by atoms with van der Waals surface area (Å²) in [5, 5.41) is 2.68. The Morgan fingerprint density at radius 2 is 1.37 bits per heavy atom. The fourth-order valence-corrected chi connectivity index (χ4v) is 2.35. The van der Waals surface area contributed by atoms with Crippen LogP contribution in [0.2, 0.25) is 0 Å². The van der Waals surface area contributed by atoms with Gasteiger partial charge in [-0.05, 0) is 17.7 Å². The Hall–Kier alpha value is -2.98. The number of nitrogens with zero attached hydrogens (tertiary/aromatic N) is 1. The first-order valence-electron chi connectivity index (χ1n) is 9.29. The van der Waals surface area contributed by atoms with E-state index in [1.54, 1.807) is 24.3 Å². The van der Waals surface area contributed by atoms with E-state index in [9.17, 15) is 19.2 Å². The summed E-state index contributed by atoms with van der Waals surface area (Å²) in [5.74, 6) is -1.54. The lowest BCUT2D eigenvalue weighted by Crippen LogP contribution is -2.37. The molecule has 0 fully saturated rings. The maximum absolute atomic E-state index is 12.9. The van der Waals surface area contributed by atoms with Crippen molar-refractivity contribution in [3.05, 3.63) is 35.4 Å². The van der Waals surface area contributed by atoms with E-state index >= 15 is 0 Å². The molecule has 0 heterocycles. The Bertz CT molecular complexity index is 681. The number of rotatable bonds is 13. The van der Waals surface area contributed by atoms with E-state index in [0.717, 1.165) is 5.56 Å². The predicted molar refractivity (Wildman–Crippen MR) is 106 cm³/mol. The van der Waals surface area contributed by atoms with Crippen molar-refractivity contribution in [2.24, 2.45) is 0 Å². The highest BCUT2D eigenvalue weighted by molar-refractivity contribution is 5.94. The summed E-state index contributed by atoms with van der Waals surface area (Å²) in [7, 11) is 2.75. The van der Waals surface area contributed by atoms with Gasteiger partial charge in [0.1, 0.15) is 26.4 Å². The molecule has 1 aromatic rings. The molecular formula is C20H28N2O8. The number of carbonyl (C=O) groups is 4. The van der Waals surface area contributed by atoms with E-state index in [4.69, 9.17) is 9.47 Å². The van der Waals surface area contributed by atoms with Gasteiger partial charge < -0.3 is 29.2 Å². The van der Waals surface area contributed by atoms with Crippen LogP contribution >= 0.6 is 0 Å². The van der Waals surface area contributed by atoms with Crippen LogP contribution in [0, 0.1) is 0 Å². The normalized spacial score (nSPS) is 10.2. The molecule has 10 nitrogen and oxygen atoms in total. The number of amides is 2. The summed E-state index contributed by atoms with van der Waals surface area (Å²) in [6, 6.07) is 6.75. The average molecular weight is 424 g/mol. The van der Waals surface area contributed by atoms with Crippen LogP contribution in [0.4, 0.5) is 0 Å². The minimum Gasteiger partial charge on any atom is -0.462 e. The number of ether oxygens (including phenoxy) is 4. The Kier molecular flexibility index (Phi) is 11.8. The second kappa shape index (κ2) is 14.1. The summed E-state index contributed by atoms with van der Waals surface area (Å²) in [5.41, 5.74) is 1.25. The summed E-state index contributed by atoms with van der Waals surface area (Å²) < 4.78 is 19.4. The Morgan fingerprint density at radius 3 is 1.80 bits per heavy atom. The highest BCUT2D eigenvalue weighted by atomic mass is 16.6. The summed E-state index contributed by atoms with van der Waals surface area (Å²) >= 11 is 0. The van der Waals surface area contributed by atoms with Gasteiger partial charge in [-0.1, -0.05) is 12.1 Å². The number of nitrogens with one attached hydrogen (secondary N) is 1. The first-order chi connectivity index (χ1) is 14.4. The molecule has 2 amide bonds. The fraction of sp³-hybridized carbons (Fsp3) is 0.500. The molecule has 0 spiro atoms. The van der Waals surface area contributed by atoms with E-state index < -0.39 is 11.9 Å². The largest absolute Gasteiger partial charge is 0.462 e. The van der Waals surface area contributed by atoms with Gasteiger partial charge in [0.15, 0.2) is 0 Å². The van der Waals surface area contributed by atoms with Crippen LogP contribution in [0.15, 0.2) is 24.3 Å². The van der Waals surface area contributed by atoms with E-state index in [2.05, 4.69) is 14.8 Å². The number of hydrogen-bond acceptors (Lipinski definition) is 8. The molecule has 0 aliphatic rings. The smallest absolute Gasteiger partial charge is 0.332 e. The number of hydrogen-bond donors (Lipinski definition) is 1. The lowest BCUT2D eigenvalue weighted by molar-refractivity contribution is -0.148. The second-order valence-corrected chi connectivity index (χ2v) is 6.21. The van der Waals surface area contributed by atoms with Crippen molar-refractivity contribution >= 4 is 23.8 Å². The zero-order chi connectivity index (χ0) is 22.4. The first kappa shape index (κ1) is 25.1. The van der Waals surface area contributed by atoms with Gasteiger partial charge in [-0.2, -0.15) is 0 Å². The van der Waals surface area contributed by atoms with Gasteiger partial charge >= 0.3 is 11.9 Å². The molecule has 0 saturated heterocycles. The van der Waals surface area contributed by atoms with Gasteiger partial charge in [-0.3, -0.25) is 9.59 Å². The Labute approximate surface area is 175 Å². The Morgan fingerprint density at radius 1 is 0.867 bits per heavy atom. The van der Waals surface area contributed by atoms with Gasteiger partial charge in [0.2, 0.25) is 5.91 Å². The predicted octanol–water partition coefficient (Wildman–Crippen LogP) is 0.144. The minimum absolute atomic E-state index is 0.0272. The van der Waals surface area contributed by atoms with E-state index in [-0.39, 0.29) is 51.3 Å². The zero-order valence-electron chi connectivity index (χ0n) is 17.5.